The van der Waals surface area contributed by atoms with Crippen LogP contribution in [0.2, 0.25) is 0 Å². The molecule has 0 saturated heterocycles. The molecule has 0 unspecified atom stereocenters. The van der Waals surface area contributed by atoms with Crippen LogP contribution >= 0.6 is 0 Å². The largest absolute Gasteiger partial charge is 0.308 e. The number of pyridine rings is 2. The molecule has 0 saturated carbocycles. The van der Waals surface area contributed by atoms with Gasteiger partial charge in [0.15, 0.2) is 0 Å². The van der Waals surface area contributed by atoms with Gasteiger partial charge in [0.2, 0.25) is 0 Å². The zero-order chi connectivity index (χ0) is 23.0. The molecule has 164 valence electrons. The predicted molar refractivity (Wildman–Crippen MR) is 145 cm³/mol. The lowest BCUT2D eigenvalue weighted by Crippen LogP contribution is -2.08. The lowest BCUT2D eigenvalue weighted by atomic mass is 9.87. The minimum atomic E-state index is 0.284. The summed E-state index contributed by atoms with van der Waals surface area (Å²) in [7, 11) is 0. The van der Waals surface area contributed by atoms with Gasteiger partial charge in [-0.1, -0.05) is 81.4 Å². The van der Waals surface area contributed by atoms with Crippen molar-refractivity contribution in [1.82, 2.24) is 9.38 Å². The van der Waals surface area contributed by atoms with Gasteiger partial charge in [-0.15, -0.1) is 0 Å². The van der Waals surface area contributed by atoms with E-state index in [0.29, 0.717) is 0 Å². The van der Waals surface area contributed by atoms with E-state index in [9.17, 15) is 0 Å². The van der Waals surface area contributed by atoms with E-state index in [1.54, 1.807) is 0 Å². The first-order valence-corrected chi connectivity index (χ1v) is 12.0. The van der Waals surface area contributed by atoms with Gasteiger partial charge in [0, 0.05) is 27.7 Å². The Morgan fingerprint density at radius 3 is 2.29 bits per heavy atom. The van der Waals surface area contributed by atoms with Crippen molar-refractivity contribution < 1.29 is 0 Å². The fourth-order valence-electron chi connectivity index (χ4n) is 5.73. The molecule has 0 fully saturated rings. The topological polar surface area (TPSA) is 17.3 Å². The number of para-hydroxylation sites is 2. The molecular weight excluding hydrogens is 412 g/mol. The summed E-state index contributed by atoms with van der Waals surface area (Å²) in [6.45, 7) is 6.88. The molecule has 2 heteroatoms. The number of benzene rings is 4. The summed E-state index contributed by atoms with van der Waals surface area (Å²) < 4.78 is 2.45. The van der Waals surface area contributed by atoms with Gasteiger partial charge >= 0.3 is 0 Å². The second kappa shape index (κ2) is 6.80. The average Bonchev–Trinajstić information content (AvgIpc) is 3.17. The standard InChI is InChI=1S/C32H26N2/c1-32(2,3)19-20-11-13-21(14-12-20)23-17-22-15-16-33-30-26-9-6-8-25-24-7-4-5-10-27(24)34(31(25)26)28(18-23)29(22)30/h4-18H,19H2,1-3H3. The van der Waals surface area contributed by atoms with Gasteiger partial charge in [0.05, 0.1) is 22.1 Å². The molecule has 4 aromatic carbocycles. The zero-order valence-corrected chi connectivity index (χ0v) is 19.8. The smallest absolute Gasteiger partial charge is 0.0822 e. The molecule has 7 aromatic rings. The number of hydrogen-bond acceptors (Lipinski definition) is 1. The number of fused-ring (bicyclic) bond motifs is 5. The Morgan fingerprint density at radius 2 is 1.47 bits per heavy atom. The summed E-state index contributed by atoms with van der Waals surface area (Å²) in [5, 5.41) is 6.26. The van der Waals surface area contributed by atoms with Crippen molar-refractivity contribution in [3.8, 4) is 11.1 Å². The van der Waals surface area contributed by atoms with Gasteiger partial charge in [-0.2, -0.15) is 0 Å². The third kappa shape index (κ3) is 2.78. The molecule has 0 bridgehead atoms. The zero-order valence-electron chi connectivity index (χ0n) is 19.8. The molecule has 2 nitrogen and oxygen atoms in total. The Bertz CT molecular complexity index is 1850. The maximum Gasteiger partial charge on any atom is 0.0822 e. The highest BCUT2D eigenvalue weighted by Gasteiger charge is 2.19. The van der Waals surface area contributed by atoms with E-state index in [-0.39, 0.29) is 5.41 Å². The first kappa shape index (κ1) is 19.5. The Hall–Kier alpha value is -3.91. The summed E-state index contributed by atoms with van der Waals surface area (Å²) in [5.41, 5.74) is 8.98. The summed E-state index contributed by atoms with van der Waals surface area (Å²) >= 11 is 0. The fraction of sp³-hybridized carbons (Fsp3) is 0.156. The molecule has 0 atom stereocenters. The molecule has 0 N–H and O–H groups in total. The van der Waals surface area contributed by atoms with Crippen LogP contribution in [0.5, 0.6) is 0 Å². The molecular formula is C32H26N2. The van der Waals surface area contributed by atoms with Gasteiger partial charge in [0.25, 0.3) is 0 Å². The summed E-state index contributed by atoms with van der Waals surface area (Å²) in [6, 6.07) is 31.3. The third-order valence-electron chi connectivity index (χ3n) is 7.06. The van der Waals surface area contributed by atoms with Crippen molar-refractivity contribution in [2.45, 2.75) is 27.2 Å². The van der Waals surface area contributed by atoms with Crippen molar-refractivity contribution >= 4 is 49.0 Å². The van der Waals surface area contributed by atoms with Crippen LogP contribution in [0.3, 0.4) is 0 Å². The third-order valence-corrected chi connectivity index (χ3v) is 7.06. The highest BCUT2D eigenvalue weighted by atomic mass is 14.9. The number of hydrogen-bond donors (Lipinski definition) is 0. The van der Waals surface area contributed by atoms with Crippen LogP contribution in [0, 0.1) is 5.41 Å². The van der Waals surface area contributed by atoms with E-state index >= 15 is 0 Å². The van der Waals surface area contributed by atoms with E-state index < -0.39 is 0 Å². The van der Waals surface area contributed by atoms with Crippen molar-refractivity contribution in [3.05, 3.63) is 96.7 Å². The van der Waals surface area contributed by atoms with Crippen molar-refractivity contribution in [2.75, 3.05) is 0 Å². The lowest BCUT2D eigenvalue weighted by Gasteiger charge is -2.18. The minimum absolute atomic E-state index is 0.284. The van der Waals surface area contributed by atoms with Gasteiger partial charge in [-0.25, -0.2) is 0 Å². The highest BCUT2D eigenvalue weighted by Crippen LogP contribution is 2.41. The molecule has 0 aliphatic heterocycles. The van der Waals surface area contributed by atoms with Gasteiger partial charge in [-0.3, -0.25) is 4.98 Å². The number of nitrogens with zero attached hydrogens (tertiary/aromatic N) is 2. The number of rotatable bonds is 2. The minimum Gasteiger partial charge on any atom is -0.308 e. The Balaban J connectivity index is 1.58. The van der Waals surface area contributed by atoms with Crippen LogP contribution in [0.1, 0.15) is 26.3 Å². The summed E-state index contributed by atoms with van der Waals surface area (Å²) in [6.07, 6.45) is 3.03. The molecule has 7 rings (SSSR count). The second-order valence-corrected chi connectivity index (χ2v) is 10.7. The average molecular weight is 439 g/mol. The molecule has 0 spiro atoms. The first-order chi connectivity index (χ1) is 16.5. The monoisotopic (exact) mass is 438 g/mol. The van der Waals surface area contributed by atoms with Crippen molar-refractivity contribution in [1.29, 1.82) is 0 Å². The molecule has 0 radical (unpaired) electrons. The Labute approximate surface area is 198 Å². The van der Waals surface area contributed by atoms with Gasteiger partial charge in [0.1, 0.15) is 0 Å². The summed E-state index contributed by atoms with van der Waals surface area (Å²) in [4.78, 5) is 4.87. The predicted octanol–water partition coefficient (Wildman–Crippen LogP) is 8.64. The maximum absolute atomic E-state index is 4.87. The van der Waals surface area contributed by atoms with Crippen LogP contribution in [0.15, 0.2) is 91.1 Å². The van der Waals surface area contributed by atoms with Crippen LogP contribution in [-0.4, -0.2) is 9.38 Å². The van der Waals surface area contributed by atoms with Crippen LogP contribution < -0.4 is 0 Å². The van der Waals surface area contributed by atoms with Gasteiger partial charge < -0.3 is 4.40 Å². The number of aromatic nitrogens is 2. The van der Waals surface area contributed by atoms with Crippen LogP contribution in [-0.2, 0) is 6.42 Å². The molecule has 3 aromatic heterocycles. The van der Waals surface area contributed by atoms with Crippen LogP contribution in [0.4, 0.5) is 0 Å². The fourth-order valence-corrected chi connectivity index (χ4v) is 5.73. The maximum atomic E-state index is 4.87. The van der Waals surface area contributed by atoms with E-state index in [1.165, 1.54) is 60.2 Å². The molecule has 0 aliphatic rings. The first-order valence-electron chi connectivity index (χ1n) is 12.0. The normalized spacial score (nSPS) is 12.7. The van der Waals surface area contributed by atoms with Crippen LogP contribution in [0.25, 0.3) is 60.1 Å². The molecule has 0 aliphatic carbocycles. The molecule has 3 heterocycles. The molecule has 0 amide bonds. The van der Waals surface area contributed by atoms with E-state index in [2.05, 4.69) is 110 Å². The highest BCUT2D eigenvalue weighted by molar-refractivity contribution is 6.26. The Morgan fingerprint density at radius 1 is 0.706 bits per heavy atom. The quantitative estimate of drug-likeness (QED) is 0.195. The SMILES string of the molecule is CC(C)(C)Cc1ccc(-c2cc3ccnc4c5cccc6c7ccccc7n(c(c2)c34)c65)cc1. The van der Waals surface area contributed by atoms with E-state index in [0.717, 1.165) is 11.9 Å². The second-order valence-electron chi connectivity index (χ2n) is 10.7. The van der Waals surface area contributed by atoms with Crippen molar-refractivity contribution in [3.63, 3.8) is 0 Å². The van der Waals surface area contributed by atoms with Gasteiger partial charge in [-0.05, 0) is 58.2 Å². The Kier molecular flexibility index (Phi) is 3.91. The van der Waals surface area contributed by atoms with Crippen molar-refractivity contribution in [2.24, 2.45) is 5.41 Å². The van der Waals surface area contributed by atoms with E-state index in [4.69, 9.17) is 4.98 Å². The van der Waals surface area contributed by atoms with E-state index in [1.807, 2.05) is 6.20 Å². The summed E-state index contributed by atoms with van der Waals surface area (Å²) in [5.74, 6) is 0. The molecule has 34 heavy (non-hydrogen) atoms. The lowest BCUT2D eigenvalue weighted by molar-refractivity contribution is 0.411.